The molecule has 0 spiro atoms. The molecule has 3 heterocycles. The van der Waals surface area contributed by atoms with Crippen LogP contribution in [0.25, 0.3) is 11.2 Å². The highest BCUT2D eigenvalue weighted by Crippen LogP contribution is 2.61. The van der Waals surface area contributed by atoms with E-state index < -0.39 is 95.6 Å². The monoisotopic (exact) mass is 937 g/mol. The molecule has 2 unspecified atom stereocenters. The highest BCUT2D eigenvalue weighted by Gasteiger charge is 2.50. The Labute approximate surface area is 344 Å². The van der Waals surface area contributed by atoms with Gasteiger partial charge in [-0.1, -0.05) is 25.6 Å². The van der Waals surface area contributed by atoms with Crippen LogP contribution in [0.5, 0.6) is 0 Å². The van der Waals surface area contributed by atoms with E-state index >= 15 is 0 Å². The molecule has 27 nitrogen and oxygen atoms in total. The molecule has 0 radical (unpaired) electrons. The number of phosphoric acid groups is 3. The van der Waals surface area contributed by atoms with Gasteiger partial charge >= 0.3 is 29.4 Å². The van der Waals surface area contributed by atoms with E-state index in [1.807, 2.05) is 0 Å². The van der Waals surface area contributed by atoms with Gasteiger partial charge in [0.05, 0.1) is 32.6 Å². The van der Waals surface area contributed by atoms with Crippen molar-refractivity contribution in [2.75, 3.05) is 44.4 Å². The zero-order chi connectivity index (χ0) is 45.1. The number of nitrogens with two attached hydrogens (primary N) is 1. The number of ether oxygens (including phenoxy) is 2. The minimum Gasteiger partial charge on any atom is -0.466 e. The van der Waals surface area contributed by atoms with Gasteiger partial charge in [0.25, 0.3) is 0 Å². The number of thioether (sulfide) groups is 1. The molecule has 1 fully saturated rings. The van der Waals surface area contributed by atoms with Crippen LogP contribution in [0.3, 0.4) is 0 Å². The molecule has 0 aromatic carbocycles. The molecule has 2 aromatic rings. The van der Waals surface area contributed by atoms with Crippen LogP contribution < -0.4 is 16.4 Å². The summed E-state index contributed by atoms with van der Waals surface area (Å²) in [4.78, 5) is 110. The van der Waals surface area contributed by atoms with Crippen molar-refractivity contribution in [2.24, 2.45) is 5.41 Å². The fourth-order valence-electron chi connectivity index (χ4n) is 5.08. The average Bonchev–Trinajstić information content (AvgIpc) is 3.69. The number of anilines is 1. The van der Waals surface area contributed by atoms with Gasteiger partial charge in [-0.3, -0.25) is 42.1 Å². The molecule has 1 aliphatic heterocycles. The fraction of sp³-hybridized carbons (Fsp3) is 0.655. The Bertz CT molecular complexity index is 2000. The lowest BCUT2D eigenvalue weighted by molar-refractivity contribution is -0.141. The molecule has 60 heavy (non-hydrogen) atoms. The number of nitrogens with one attached hydrogen (secondary N) is 2. The van der Waals surface area contributed by atoms with Gasteiger partial charge in [0.2, 0.25) is 11.8 Å². The number of aliphatic hydroxyl groups excluding tert-OH is 2. The molecule has 7 atom stereocenters. The number of aromatic nitrogens is 4. The van der Waals surface area contributed by atoms with Crippen LogP contribution >= 0.6 is 35.2 Å². The van der Waals surface area contributed by atoms with Crippen molar-refractivity contribution < 1.29 is 94.8 Å². The maximum absolute atomic E-state index is 12.7. The topological polar surface area (TPSA) is 407 Å². The minimum absolute atomic E-state index is 0.0175. The van der Waals surface area contributed by atoms with Crippen LogP contribution in [0.2, 0.25) is 0 Å². The van der Waals surface area contributed by atoms with Gasteiger partial charge in [-0.25, -0.2) is 28.6 Å². The molecule has 0 bridgehead atoms. The third-order valence-corrected chi connectivity index (χ3v) is 12.0. The minimum atomic E-state index is -5.60. The molecular weight excluding hydrogens is 891 g/mol. The van der Waals surface area contributed by atoms with Gasteiger partial charge < -0.3 is 55.6 Å². The number of hydrogen-bond donors (Lipinski definition) is 9. The molecule has 1 saturated heterocycles. The summed E-state index contributed by atoms with van der Waals surface area (Å²) in [5.41, 5.74) is 4.19. The highest BCUT2D eigenvalue weighted by atomic mass is 32.2. The van der Waals surface area contributed by atoms with Crippen molar-refractivity contribution in [1.29, 1.82) is 0 Å². The predicted molar refractivity (Wildman–Crippen MR) is 203 cm³/mol. The number of nitrogen functional groups attached to an aromatic ring is 1. The fourth-order valence-corrected chi connectivity index (χ4v) is 8.60. The first-order valence-corrected chi connectivity index (χ1v) is 23.0. The van der Waals surface area contributed by atoms with Gasteiger partial charge in [-0.2, -0.15) is 4.31 Å². The van der Waals surface area contributed by atoms with Gasteiger partial charge in [0, 0.05) is 44.0 Å². The molecular formula is C29H46N7O20P3S. The van der Waals surface area contributed by atoms with Crippen molar-refractivity contribution in [3.63, 3.8) is 0 Å². The van der Waals surface area contributed by atoms with Crippen molar-refractivity contribution in [3.05, 3.63) is 12.7 Å². The molecule has 2 aromatic heterocycles. The Morgan fingerprint density at radius 2 is 1.70 bits per heavy atom. The number of phosphoric ester groups is 3. The lowest BCUT2D eigenvalue weighted by Gasteiger charge is -2.30. The van der Waals surface area contributed by atoms with E-state index in [4.69, 9.17) is 24.3 Å². The van der Waals surface area contributed by atoms with Gasteiger partial charge in [0.15, 0.2) is 22.8 Å². The molecule has 2 amide bonds. The number of carbonyl (C=O) groups is 5. The zero-order valence-electron chi connectivity index (χ0n) is 32.1. The first-order valence-electron chi connectivity index (χ1n) is 17.5. The number of amides is 2. The summed E-state index contributed by atoms with van der Waals surface area (Å²) in [7, 11) is -16.5. The van der Waals surface area contributed by atoms with Gasteiger partial charge in [0.1, 0.15) is 42.0 Å². The van der Waals surface area contributed by atoms with Crippen LogP contribution in [0.15, 0.2) is 12.7 Å². The number of Topliss-reactive ketones (excluding diaryl/α,β-unsaturated/α-hetero) is 1. The van der Waals surface area contributed by atoms with Gasteiger partial charge in [-0.15, -0.1) is 0 Å². The molecule has 10 N–H and O–H groups in total. The molecule has 0 saturated carbocycles. The third kappa shape index (κ3) is 16.5. The molecule has 31 heteroatoms. The second-order valence-corrected chi connectivity index (χ2v) is 18.8. The summed E-state index contributed by atoms with van der Waals surface area (Å²) in [6.07, 6.45) is -7.09. The Morgan fingerprint density at radius 3 is 2.37 bits per heavy atom. The van der Waals surface area contributed by atoms with Crippen LogP contribution in [-0.2, 0) is 65.0 Å². The zero-order valence-corrected chi connectivity index (χ0v) is 35.6. The molecule has 338 valence electrons. The standard InChI is InChI=1S/C29H46N7O20P3S/c1-16(37)51-9-4-5-17(38)11-20(40)60-10-8-31-19(39)6-7-32-27(43)24(42)29(2,3)13-53-59(49,50)56-58(47,48)52-12-18-23(55-57(44,45)46)22(41)28(54-18)36-15-35-21-25(30)33-14-34-26(21)36/h14-15,18,22-24,28,41-42H,4-13H2,1-3H3,(H,31,39)(H,32,43)(H,47,48)(H,49,50)(H2,30,33,34)(H2,44,45,46)/t18-,22-,23-,24+,28-/m1/s1. The van der Waals surface area contributed by atoms with Gasteiger partial charge in [-0.05, 0) is 6.42 Å². The quantitative estimate of drug-likeness (QED) is 0.0249. The Balaban J connectivity index is 1.43. The Hall–Kier alpha value is -3.30. The number of imidazole rings is 1. The predicted octanol–water partition coefficient (Wildman–Crippen LogP) is -1.03. The number of fused-ring (bicyclic) bond motifs is 1. The second kappa shape index (κ2) is 22.2. The molecule has 3 rings (SSSR count). The number of nitrogens with zero attached hydrogens (tertiary/aromatic N) is 4. The average molecular weight is 938 g/mol. The summed E-state index contributed by atoms with van der Waals surface area (Å²) in [5, 5.41) is 25.9. The largest absolute Gasteiger partial charge is 0.481 e. The van der Waals surface area contributed by atoms with Crippen LogP contribution in [0.4, 0.5) is 5.82 Å². The molecule has 0 aliphatic carbocycles. The van der Waals surface area contributed by atoms with Crippen molar-refractivity contribution >= 4 is 80.9 Å². The van der Waals surface area contributed by atoms with E-state index in [9.17, 15) is 67.5 Å². The van der Waals surface area contributed by atoms with Crippen LogP contribution in [0.1, 0.15) is 52.7 Å². The maximum atomic E-state index is 12.7. The van der Waals surface area contributed by atoms with E-state index in [2.05, 4.69) is 34.4 Å². The number of esters is 1. The Morgan fingerprint density at radius 1 is 1.02 bits per heavy atom. The lowest BCUT2D eigenvalue weighted by atomic mass is 9.87. The number of ketones is 1. The number of aliphatic hydroxyl groups is 2. The van der Waals surface area contributed by atoms with Crippen LogP contribution in [-0.4, -0.2) is 141 Å². The van der Waals surface area contributed by atoms with E-state index in [0.29, 0.717) is 0 Å². The third-order valence-electron chi connectivity index (χ3n) is 8.01. The highest BCUT2D eigenvalue weighted by molar-refractivity contribution is 8.13. The van der Waals surface area contributed by atoms with E-state index in [0.717, 1.165) is 29.0 Å². The smallest absolute Gasteiger partial charge is 0.466 e. The number of rotatable bonds is 25. The van der Waals surface area contributed by atoms with E-state index in [1.165, 1.54) is 20.8 Å². The summed E-state index contributed by atoms with van der Waals surface area (Å²) in [6, 6.07) is 0. The first-order chi connectivity index (χ1) is 27.8. The second-order valence-electron chi connectivity index (χ2n) is 13.4. The lowest BCUT2D eigenvalue weighted by Crippen LogP contribution is -2.46. The normalized spacial score (nSPS) is 20.8. The van der Waals surface area contributed by atoms with Crippen LogP contribution in [0, 0.1) is 5.41 Å². The first kappa shape index (κ1) is 51.1. The summed E-state index contributed by atoms with van der Waals surface area (Å²) >= 11 is 0.836. The van der Waals surface area contributed by atoms with Crippen molar-refractivity contribution in [3.8, 4) is 0 Å². The number of hydrogen-bond acceptors (Lipinski definition) is 21. The van der Waals surface area contributed by atoms with E-state index in [-0.39, 0.29) is 73.9 Å². The maximum Gasteiger partial charge on any atom is 0.481 e. The van der Waals surface area contributed by atoms with E-state index in [1.54, 1.807) is 0 Å². The van der Waals surface area contributed by atoms with Crippen molar-refractivity contribution in [1.82, 2.24) is 30.2 Å². The summed E-state index contributed by atoms with van der Waals surface area (Å²) < 4.78 is 66.8. The Kier molecular flexibility index (Phi) is 18.9. The molecule has 1 aliphatic rings. The summed E-state index contributed by atoms with van der Waals surface area (Å²) in [5.74, 6) is -2.24. The summed E-state index contributed by atoms with van der Waals surface area (Å²) in [6.45, 7) is 1.48. The number of carbonyl (C=O) groups excluding carboxylic acids is 5. The SMILES string of the molecule is CC(=O)OCCCC(=O)CC(=O)SCCNC(=O)CCNC(=O)[C@H](O)C(C)(C)COP(=O)(O)OP(=O)(O)OC[C@H]1O[C@@H](n2cnc3c(N)ncnc32)[C@H](O)[C@@H]1OP(=O)(O)O. The van der Waals surface area contributed by atoms with Crippen molar-refractivity contribution in [2.45, 2.75) is 77.1 Å².